The van der Waals surface area contributed by atoms with Crippen LogP contribution in [0.25, 0.3) is 5.65 Å². The highest BCUT2D eigenvalue weighted by atomic mass is 16.6. The van der Waals surface area contributed by atoms with E-state index in [0.717, 1.165) is 13.1 Å². The first kappa shape index (κ1) is 21.2. The van der Waals surface area contributed by atoms with Gasteiger partial charge < -0.3 is 24.0 Å². The minimum atomic E-state index is -0.748. The maximum atomic E-state index is 12.8. The van der Waals surface area contributed by atoms with Crippen molar-refractivity contribution in [2.24, 2.45) is 7.05 Å². The molecule has 5 rings (SSSR count). The van der Waals surface area contributed by atoms with Crippen molar-refractivity contribution in [3.63, 3.8) is 0 Å². The van der Waals surface area contributed by atoms with Gasteiger partial charge in [0, 0.05) is 33.2 Å². The summed E-state index contributed by atoms with van der Waals surface area (Å²) in [5.74, 6) is 0.425. The van der Waals surface area contributed by atoms with Crippen LogP contribution in [-0.4, -0.2) is 93.9 Å². The Morgan fingerprint density at radius 3 is 2.55 bits per heavy atom. The number of ether oxygens (including phenoxy) is 3. The SMILES string of the molecule is Cn1ncc(C(=O)N2CCOCC2)c1OC(=O)Nc1ccc2nc(N3CCOCC3)nn2c1. The Morgan fingerprint density at radius 1 is 1.06 bits per heavy atom. The molecular weight excluding hydrogens is 432 g/mol. The lowest BCUT2D eigenvalue weighted by molar-refractivity contribution is 0.0301. The van der Waals surface area contributed by atoms with E-state index < -0.39 is 6.09 Å². The summed E-state index contributed by atoms with van der Waals surface area (Å²) < 4.78 is 19.0. The number of fused-ring (bicyclic) bond motifs is 1. The highest BCUT2D eigenvalue weighted by Gasteiger charge is 2.26. The van der Waals surface area contributed by atoms with Gasteiger partial charge in [0.05, 0.1) is 44.5 Å². The number of carbonyl (C=O) groups is 2. The number of hydrogen-bond donors (Lipinski definition) is 1. The average Bonchev–Trinajstić information content (AvgIpc) is 3.43. The predicted octanol–water partition coefficient (Wildman–Crippen LogP) is 0.383. The van der Waals surface area contributed by atoms with Crippen LogP contribution in [0.15, 0.2) is 24.5 Å². The number of pyridine rings is 1. The average molecular weight is 456 g/mol. The highest BCUT2D eigenvalue weighted by molar-refractivity contribution is 5.97. The number of nitrogens with one attached hydrogen (secondary N) is 1. The summed E-state index contributed by atoms with van der Waals surface area (Å²) in [6.07, 6.45) is 2.30. The van der Waals surface area contributed by atoms with E-state index in [1.807, 2.05) is 4.90 Å². The molecule has 3 aromatic heterocycles. The molecule has 174 valence electrons. The molecule has 0 unspecified atom stereocenters. The number of hydrogen-bond acceptors (Lipinski definition) is 9. The van der Waals surface area contributed by atoms with Gasteiger partial charge in [-0.3, -0.25) is 10.1 Å². The fourth-order valence-corrected chi connectivity index (χ4v) is 3.70. The number of anilines is 2. The van der Waals surface area contributed by atoms with Crippen molar-refractivity contribution in [3.05, 3.63) is 30.1 Å². The van der Waals surface area contributed by atoms with Crippen molar-refractivity contribution in [3.8, 4) is 5.88 Å². The Morgan fingerprint density at radius 2 is 1.79 bits per heavy atom. The second-order valence-corrected chi connectivity index (χ2v) is 7.64. The molecule has 0 aromatic carbocycles. The van der Waals surface area contributed by atoms with Crippen molar-refractivity contribution < 1.29 is 23.8 Å². The summed E-state index contributed by atoms with van der Waals surface area (Å²) in [6.45, 7) is 4.63. The van der Waals surface area contributed by atoms with Gasteiger partial charge in [-0.25, -0.2) is 14.0 Å². The summed E-state index contributed by atoms with van der Waals surface area (Å²) >= 11 is 0. The number of nitrogens with zero attached hydrogens (tertiary/aromatic N) is 7. The molecule has 2 aliphatic rings. The summed E-state index contributed by atoms with van der Waals surface area (Å²) in [4.78, 5) is 33.6. The van der Waals surface area contributed by atoms with E-state index in [1.165, 1.54) is 10.9 Å². The van der Waals surface area contributed by atoms with Crippen molar-refractivity contribution in [2.45, 2.75) is 0 Å². The summed E-state index contributed by atoms with van der Waals surface area (Å²) in [5.41, 5.74) is 1.34. The minimum Gasteiger partial charge on any atom is -0.390 e. The Hall–Kier alpha value is -3.71. The Balaban J connectivity index is 1.28. The third-order valence-corrected chi connectivity index (χ3v) is 5.46. The van der Waals surface area contributed by atoms with Crippen LogP contribution < -0.4 is 15.0 Å². The first-order valence-electron chi connectivity index (χ1n) is 10.7. The molecule has 2 amide bonds. The fourth-order valence-electron chi connectivity index (χ4n) is 3.70. The van der Waals surface area contributed by atoms with Gasteiger partial charge in [0.1, 0.15) is 5.56 Å². The van der Waals surface area contributed by atoms with E-state index in [0.29, 0.717) is 56.8 Å². The number of carbonyl (C=O) groups excluding carboxylic acids is 2. The van der Waals surface area contributed by atoms with Crippen molar-refractivity contribution in [2.75, 3.05) is 62.8 Å². The minimum absolute atomic E-state index is 0.0698. The summed E-state index contributed by atoms with van der Waals surface area (Å²) in [5, 5.41) is 11.2. The fraction of sp³-hybridized carbons (Fsp3) is 0.450. The van der Waals surface area contributed by atoms with E-state index >= 15 is 0 Å². The molecule has 13 nitrogen and oxygen atoms in total. The van der Waals surface area contributed by atoms with Gasteiger partial charge in [0.15, 0.2) is 5.65 Å². The zero-order valence-corrected chi connectivity index (χ0v) is 18.1. The second-order valence-electron chi connectivity index (χ2n) is 7.64. The van der Waals surface area contributed by atoms with Crippen LogP contribution in [-0.2, 0) is 16.5 Å². The van der Waals surface area contributed by atoms with Crippen molar-refractivity contribution in [1.29, 1.82) is 0 Å². The molecule has 0 saturated carbocycles. The number of morpholine rings is 2. The van der Waals surface area contributed by atoms with Gasteiger partial charge >= 0.3 is 6.09 Å². The zero-order chi connectivity index (χ0) is 22.8. The summed E-state index contributed by atoms with van der Waals surface area (Å²) in [7, 11) is 1.60. The van der Waals surface area contributed by atoms with Crippen LogP contribution in [0.3, 0.4) is 0 Å². The zero-order valence-electron chi connectivity index (χ0n) is 18.1. The Kier molecular flexibility index (Phi) is 5.79. The molecule has 2 fully saturated rings. The molecular formula is C20H24N8O5. The Labute approximate surface area is 188 Å². The standard InChI is InChI=1S/C20H24N8O5/c1-25-18(15(12-21-25)17(29)26-4-8-31-9-5-26)33-20(30)22-14-2-3-16-23-19(24-28(16)13-14)27-6-10-32-11-7-27/h2-3,12-13H,4-11H2,1H3,(H,22,30). The van der Waals surface area contributed by atoms with E-state index in [9.17, 15) is 9.59 Å². The van der Waals surface area contributed by atoms with E-state index in [2.05, 4.69) is 20.5 Å². The van der Waals surface area contributed by atoms with Crippen LogP contribution in [0.1, 0.15) is 10.4 Å². The molecule has 0 radical (unpaired) electrons. The van der Waals surface area contributed by atoms with Gasteiger partial charge in [-0.05, 0) is 12.1 Å². The molecule has 2 saturated heterocycles. The van der Waals surface area contributed by atoms with Crippen LogP contribution in [0.5, 0.6) is 5.88 Å². The normalized spacial score (nSPS) is 16.8. The van der Waals surface area contributed by atoms with Gasteiger partial charge in [0.2, 0.25) is 11.8 Å². The monoisotopic (exact) mass is 456 g/mol. The molecule has 0 bridgehead atoms. The molecule has 13 heteroatoms. The molecule has 0 aliphatic carbocycles. The molecule has 5 heterocycles. The number of aryl methyl sites for hydroxylation is 1. The second kappa shape index (κ2) is 9.03. The first-order chi connectivity index (χ1) is 16.1. The molecule has 0 spiro atoms. The van der Waals surface area contributed by atoms with Gasteiger partial charge in [0.25, 0.3) is 5.91 Å². The van der Waals surface area contributed by atoms with Crippen LogP contribution in [0.2, 0.25) is 0 Å². The predicted molar refractivity (Wildman–Crippen MR) is 116 cm³/mol. The maximum Gasteiger partial charge on any atom is 0.418 e. The molecule has 2 aliphatic heterocycles. The number of aromatic nitrogens is 5. The molecule has 33 heavy (non-hydrogen) atoms. The lowest BCUT2D eigenvalue weighted by atomic mass is 10.2. The van der Waals surface area contributed by atoms with Crippen LogP contribution in [0.4, 0.5) is 16.4 Å². The maximum absolute atomic E-state index is 12.8. The van der Waals surface area contributed by atoms with Gasteiger partial charge in [-0.2, -0.15) is 10.1 Å². The molecule has 0 atom stereocenters. The van der Waals surface area contributed by atoms with Gasteiger partial charge in [-0.15, -0.1) is 5.10 Å². The molecule has 1 N–H and O–H groups in total. The smallest absolute Gasteiger partial charge is 0.390 e. The van der Waals surface area contributed by atoms with Crippen molar-refractivity contribution in [1.82, 2.24) is 29.3 Å². The number of amides is 2. The summed E-state index contributed by atoms with van der Waals surface area (Å²) in [6, 6.07) is 3.46. The Bertz CT molecular complexity index is 1160. The van der Waals surface area contributed by atoms with Crippen LogP contribution >= 0.6 is 0 Å². The third-order valence-electron chi connectivity index (χ3n) is 5.46. The topological polar surface area (TPSA) is 128 Å². The quantitative estimate of drug-likeness (QED) is 0.592. The number of rotatable bonds is 4. The highest BCUT2D eigenvalue weighted by Crippen LogP contribution is 2.21. The van der Waals surface area contributed by atoms with E-state index in [-0.39, 0.29) is 17.4 Å². The lowest BCUT2D eigenvalue weighted by Gasteiger charge is -2.26. The van der Waals surface area contributed by atoms with Crippen molar-refractivity contribution >= 4 is 29.3 Å². The lowest BCUT2D eigenvalue weighted by Crippen LogP contribution is -2.40. The first-order valence-corrected chi connectivity index (χ1v) is 10.7. The van der Waals surface area contributed by atoms with E-state index in [1.54, 1.807) is 34.8 Å². The van der Waals surface area contributed by atoms with E-state index in [4.69, 9.17) is 14.2 Å². The van der Waals surface area contributed by atoms with Crippen LogP contribution in [0, 0.1) is 0 Å². The third kappa shape index (κ3) is 4.45. The van der Waals surface area contributed by atoms with Gasteiger partial charge in [-0.1, -0.05) is 0 Å². The largest absolute Gasteiger partial charge is 0.418 e. The molecule has 3 aromatic rings.